The van der Waals surface area contributed by atoms with Gasteiger partial charge in [0.2, 0.25) is 0 Å². The number of rotatable bonds is 8. The third kappa shape index (κ3) is 5.28. The molecule has 0 saturated carbocycles. The monoisotopic (exact) mass is 368 g/mol. The number of ether oxygens (including phenoxy) is 3. The Bertz CT molecular complexity index is 851. The number of ketones is 1. The molecule has 0 amide bonds. The molecule has 0 heterocycles. The predicted octanol–water partition coefficient (Wildman–Crippen LogP) is 3.61. The van der Waals surface area contributed by atoms with Crippen LogP contribution in [-0.2, 0) is 9.53 Å². The average molecular weight is 368 g/mol. The third-order valence-electron chi connectivity index (χ3n) is 3.65. The number of carbonyl (C=O) groups excluding carboxylic acids is 3. The lowest BCUT2D eigenvalue weighted by Gasteiger charge is -2.10. The minimum absolute atomic E-state index is 0.0399. The first-order valence-corrected chi connectivity index (χ1v) is 8.29. The van der Waals surface area contributed by atoms with Crippen molar-refractivity contribution in [3.05, 3.63) is 71.8 Å². The topological polar surface area (TPSA) is 78.9 Å². The quantitative estimate of drug-likeness (QED) is 0.307. The van der Waals surface area contributed by atoms with Gasteiger partial charge < -0.3 is 14.2 Å². The molecule has 0 unspecified atom stereocenters. The van der Waals surface area contributed by atoms with Gasteiger partial charge in [-0.15, -0.1) is 0 Å². The molecule has 0 aromatic heterocycles. The van der Waals surface area contributed by atoms with Crippen LogP contribution in [0.4, 0.5) is 0 Å². The van der Waals surface area contributed by atoms with Gasteiger partial charge >= 0.3 is 11.9 Å². The largest absolute Gasteiger partial charge is 0.497 e. The van der Waals surface area contributed by atoms with Gasteiger partial charge in [-0.1, -0.05) is 18.7 Å². The molecule has 0 N–H and O–H groups in total. The molecule has 0 atom stereocenters. The number of para-hydroxylation sites is 1. The lowest BCUT2D eigenvalue weighted by Crippen LogP contribution is -2.14. The van der Waals surface area contributed by atoms with Crippen LogP contribution in [0.3, 0.4) is 0 Å². The molecule has 0 radical (unpaired) electrons. The highest BCUT2D eigenvalue weighted by Crippen LogP contribution is 2.23. The second-order valence-corrected chi connectivity index (χ2v) is 5.54. The smallest absolute Gasteiger partial charge is 0.343 e. The van der Waals surface area contributed by atoms with Crippen molar-refractivity contribution in [3.63, 3.8) is 0 Å². The minimum Gasteiger partial charge on any atom is -0.497 e. The zero-order valence-electron chi connectivity index (χ0n) is 15.2. The molecular formula is C21H20O6. The minimum atomic E-state index is -0.626. The van der Waals surface area contributed by atoms with Crippen LogP contribution < -0.4 is 9.47 Å². The summed E-state index contributed by atoms with van der Waals surface area (Å²) >= 11 is 0. The first kappa shape index (κ1) is 19.9. The van der Waals surface area contributed by atoms with Gasteiger partial charge in [0.1, 0.15) is 11.5 Å². The van der Waals surface area contributed by atoms with Gasteiger partial charge in [0, 0.05) is 12.0 Å². The maximum absolute atomic E-state index is 12.5. The Hall–Kier alpha value is -3.41. The SMILES string of the molecule is C=C(CC(=O)c1ccccc1OC(=O)c1ccc(OC)cc1)C(=O)OCC. The summed E-state index contributed by atoms with van der Waals surface area (Å²) in [7, 11) is 1.53. The van der Waals surface area contributed by atoms with Crippen molar-refractivity contribution in [2.75, 3.05) is 13.7 Å². The molecule has 6 nitrogen and oxygen atoms in total. The van der Waals surface area contributed by atoms with Gasteiger partial charge in [0.15, 0.2) is 5.78 Å². The Kier molecular flexibility index (Phi) is 6.88. The average Bonchev–Trinajstić information content (AvgIpc) is 2.68. The lowest BCUT2D eigenvalue weighted by atomic mass is 10.0. The summed E-state index contributed by atoms with van der Waals surface area (Å²) in [6.45, 7) is 5.44. The van der Waals surface area contributed by atoms with Crippen LogP contribution in [0.2, 0.25) is 0 Å². The third-order valence-corrected chi connectivity index (χ3v) is 3.65. The zero-order chi connectivity index (χ0) is 19.8. The van der Waals surface area contributed by atoms with E-state index in [2.05, 4.69) is 6.58 Å². The molecule has 2 rings (SSSR count). The Labute approximate surface area is 157 Å². The van der Waals surface area contributed by atoms with Gasteiger partial charge in [0.25, 0.3) is 0 Å². The maximum atomic E-state index is 12.5. The Morgan fingerprint density at radius 3 is 2.30 bits per heavy atom. The molecule has 2 aromatic carbocycles. The molecular weight excluding hydrogens is 348 g/mol. The molecule has 27 heavy (non-hydrogen) atoms. The molecule has 0 bridgehead atoms. The Morgan fingerprint density at radius 1 is 1.00 bits per heavy atom. The molecule has 6 heteroatoms. The fourth-order valence-electron chi connectivity index (χ4n) is 2.27. The van der Waals surface area contributed by atoms with Crippen LogP contribution in [0.15, 0.2) is 60.7 Å². The van der Waals surface area contributed by atoms with Crippen molar-refractivity contribution >= 4 is 17.7 Å². The van der Waals surface area contributed by atoms with Crippen LogP contribution in [0.5, 0.6) is 11.5 Å². The van der Waals surface area contributed by atoms with E-state index in [1.807, 2.05) is 0 Å². The number of carbonyl (C=O) groups is 3. The summed E-state index contributed by atoms with van der Waals surface area (Å²) in [6.07, 6.45) is -0.226. The summed E-state index contributed by atoms with van der Waals surface area (Å²) in [5.41, 5.74) is 0.539. The normalized spacial score (nSPS) is 10.0. The molecule has 0 aliphatic carbocycles. The zero-order valence-corrected chi connectivity index (χ0v) is 15.2. The van der Waals surface area contributed by atoms with Gasteiger partial charge in [-0.2, -0.15) is 0 Å². The standard InChI is InChI=1S/C21H20O6/c1-4-26-20(23)14(2)13-18(22)17-7-5-6-8-19(17)27-21(24)15-9-11-16(25-3)12-10-15/h5-12H,2,4,13H2,1,3H3. The Morgan fingerprint density at radius 2 is 1.67 bits per heavy atom. The van der Waals surface area contributed by atoms with E-state index in [4.69, 9.17) is 14.2 Å². The molecule has 0 saturated heterocycles. The molecule has 0 aliphatic rings. The van der Waals surface area contributed by atoms with Crippen LogP contribution in [0.25, 0.3) is 0 Å². The number of hydrogen-bond acceptors (Lipinski definition) is 6. The number of methoxy groups -OCH3 is 1. The molecule has 2 aromatic rings. The van der Waals surface area contributed by atoms with E-state index in [1.165, 1.54) is 19.2 Å². The molecule has 0 aliphatic heterocycles. The van der Waals surface area contributed by atoms with Gasteiger partial charge in [-0.3, -0.25) is 4.79 Å². The van der Waals surface area contributed by atoms with Crippen LogP contribution >= 0.6 is 0 Å². The maximum Gasteiger partial charge on any atom is 0.343 e. The molecule has 0 fully saturated rings. The van der Waals surface area contributed by atoms with E-state index in [0.29, 0.717) is 11.3 Å². The fourth-order valence-corrected chi connectivity index (χ4v) is 2.27. The van der Waals surface area contributed by atoms with Crippen molar-refractivity contribution in [1.29, 1.82) is 0 Å². The van der Waals surface area contributed by atoms with Crippen molar-refractivity contribution in [2.45, 2.75) is 13.3 Å². The van der Waals surface area contributed by atoms with E-state index < -0.39 is 17.7 Å². The van der Waals surface area contributed by atoms with Crippen molar-refractivity contribution < 1.29 is 28.6 Å². The molecule has 0 spiro atoms. The first-order chi connectivity index (χ1) is 13.0. The van der Waals surface area contributed by atoms with Gasteiger partial charge in [-0.05, 0) is 43.3 Å². The number of hydrogen-bond donors (Lipinski definition) is 0. The fraction of sp³-hybridized carbons (Fsp3) is 0.190. The number of Topliss-reactive ketones (excluding diaryl/α,β-unsaturated/α-hetero) is 1. The summed E-state index contributed by atoms with van der Waals surface area (Å²) in [4.78, 5) is 36.5. The number of benzene rings is 2. The Balaban J connectivity index is 2.14. The second kappa shape index (κ2) is 9.33. The first-order valence-electron chi connectivity index (χ1n) is 8.29. The van der Waals surface area contributed by atoms with E-state index >= 15 is 0 Å². The second-order valence-electron chi connectivity index (χ2n) is 5.54. The van der Waals surface area contributed by atoms with Crippen molar-refractivity contribution in [1.82, 2.24) is 0 Å². The summed E-state index contributed by atoms with van der Waals surface area (Å²) < 4.78 is 15.2. The van der Waals surface area contributed by atoms with Gasteiger partial charge in [-0.25, -0.2) is 9.59 Å². The van der Waals surface area contributed by atoms with Crippen molar-refractivity contribution in [3.8, 4) is 11.5 Å². The van der Waals surface area contributed by atoms with Crippen LogP contribution in [0.1, 0.15) is 34.1 Å². The predicted molar refractivity (Wildman–Crippen MR) is 99.1 cm³/mol. The van der Waals surface area contributed by atoms with Crippen molar-refractivity contribution in [2.24, 2.45) is 0 Å². The van der Waals surface area contributed by atoms with E-state index in [-0.39, 0.29) is 29.9 Å². The lowest BCUT2D eigenvalue weighted by molar-refractivity contribution is -0.138. The summed E-state index contributed by atoms with van der Waals surface area (Å²) in [5.74, 6) is -0.911. The van der Waals surface area contributed by atoms with Crippen LogP contribution in [0, 0.1) is 0 Å². The van der Waals surface area contributed by atoms with Gasteiger partial charge in [0.05, 0.1) is 24.8 Å². The molecule has 140 valence electrons. The summed E-state index contributed by atoms with van der Waals surface area (Å²) in [6, 6.07) is 12.7. The highest BCUT2D eigenvalue weighted by molar-refractivity contribution is 6.05. The number of esters is 2. The van der Waals surface area contributed by atoms with Crippen LogP contribution in [-0.4, -0.2) is 31.4 Å². The summed E-state index contributed by atoms with van der Waals surface area (Å²) in [5, 5.41) is 0. The highest BCUT2D eigenvalue weighted by atomic mass is 16.5. The van der Waals surface area contributed by atoms with E-state index in [1.54, 1.807) is 43.3 Å². The van der Waals surface area contributed by atoms with E-state index in [9.17, 15) is 14.4 Å². The van der Waals surface area contributed by atoms with E-state index in [0.717, 1.165) is 0 Å². The highest BCUT2D eigenvalue weighted by Gasteiger charge is 2.19.